The van der Waals surface area contributed by atoms with E-state index in [0.29, 0.717) is 22.2 Å². The summed E-state index contributed by atoms with van der Waals surface area (Å²) >= 11 is 1.27. The molecule has 0 aliphatic rings. The van der Waals surface area contributed by atoms with E-state index < -0.39 is 4.92 Å². The van der Waals surface area contributed by atoms with E-state index in [0.717, 1.165) is 11.1 Å². The topological polar surface area (TPSA) is 115 Å². The smallest absolute Gasteiger partial charge is 0.269 e. The van der Waals surface area contributed by atoms with Crippen LogP contribution in [0.1, 0.15) is 5.56 Å². The Bertz CT molecular complexity index is 1220. The molecule has 2 aromatic heterocycles. The van der Waals surface area contributed by atoms with Gasteiger partial charge >= 0.3 is 0 Å². The molecule has 2 aromatic carbocycles. The van der Waals surface area contributed by atoms with Crippen LogP contribution in [0.15, 0.2) is 65.7 Å². The van der Waals surface area contributed by atoms with E-state index in [1.165, 1.54) is 36.0 Å². The molecule has 0 bridgehead atoms. The normalized spacial score (nSPS) is 10.8. The molecule has 0 aliphatic heterocycles. The number of aryl methyl sites for hydroxylation is 1. The molecule has 0 atom stereocenters. The summed E-state index contributed by atoms with van der Waals surface area (Å²) in [6.07, 6.45) is 0. The maximum absolute atomic E-state index is 12.2. The van der Waals surface area contributed by atoms with Crippen LogP contribution in [0.5, 0.6) is 0 Å². The number of carbonyl (C=O) groups excluding carboxylic acids is 1. The van der Waals surface area contributed by atoms with Crippen LogP contribution in [0.25, 0.3) is 17.0 Å². The first-order valence-corrected chi connectivity index (χ1v) is 9.95. The Morgan fingerprint density at radius 2 is 1.80 bits per heavy atom. The SMILES string of the molecule is Cc1ccc(-c2nnc3ccc(SCC(=O)Nc4ccc([N+](=O)[O-])cc4)nn23)cc1. The van der Waals surface area contributed by atoms with Gasteiger partial charge in [0.2, 0.25) is 5.91 Å². The molecule has 0 radical (unpaired) electrons. The van der Waals surface area contributed by atoms with Crippen molar-refractivity contribution in [3.8, 4) is 11.4 Å². The van der Waals surface area contributed by atoms with Gasteiger partial charge in [0, 0.05) is 23.4 Å². The number of thioether (sulfide) groups is 1. The first kappa shape index (κ1) is 19.5. The predicted molar refractivity (Wildman–Crippen MR) is 113 cm³/mol. The van der Waals surface area contributed by atoms with E-state index in [9.17, 15) is 14.9 Å². The number of nitrogens with one attached hydrogen (secondary N) is 1. The molecule has 10 heteroatoms. The number of amides is 1. The Morgan fingerprint density at radius 3 is 2.50 bits per heavy atom. The van der Waals surface area contributed by atoms with Crippen LogP contribution in [0.2, 0.25) is 0 Å². The summed E-state index contributed by atoms with van der Waals surface area (Å²) in [7, 11) is 0. The summed E-state index contributed by atoms with van der Waals surface area (Å²) in [6, 6.07) is 17.2. The van der Waals surface area contributed by atoms with Crippen LogP contribution in [0, 0.1) is 17.0 Å². The number of anilines is 1. The van der Waals surface area contributed by atoms with Crippen molar-refractivity contribution >= 4 is 34.7 Å². The van der Waals surface area contributed by atoms with E-state index >= 15 is 0 Å². The molecular weight excluding hydrogens is 404 g/mol. The fraction of sp³-hybridized carbons (Fsp3) is 0.100. The third-order valence-electron chi connectivity index (χ3n) is 4.26. The summed E-state index contributed by atoms with van der Waals surface area (Å²) in [5.41, 5.74) is 3.13. The van der Waals surface area contributed by atoms with Gasteiger partial charge in [-0.2, -0.15) is 9.61 Å². The van der Waals surface area contributed by atoms with Crippen LogP contribution in [0.3, 0.4) is 0 Å². The third-order valence-corrected chi connectivity index (χ3v) is 5.18. The molecule has 0 saturated carbocycles. The number of hydrogen-bond acceptors (Lipinski definition) is 7. The number of benzene rings is 2. The van der Waals surface area contributed by atoms with Gasteiger partial charge in [0.15, 0.2) is 11.5 Å². The van der Waals surface area contributed by atoms with Gasteiger partial charge in [0.25, 0.3) is 5.69 Å². The molecule has 30 heavy (non-hydrogen) atoms. The second kappa shape index (κ2) is 8.29. The maximum Gasteiger partial charge on any atom is 0.269 e. The highest BCUT2D eigenvalue weighted by Crippen LogP contribution is 2.22. The van der Waals surface area contributed by atoms with E-state index in [2.05, 4.69) is 20.6 Å². The minimum atomic E-state index is -0.487. The lowest BCUT2D eigenvalue weighted by atomic mass is 10.1. The van der Waals surface area contributed by atoms with Crippen LogP contribution in [-0.4, -0.2) is 36.4 Å². The van der Waals surface area contributed by atoms with Crippen molar-refractivity contribution < 1.29 is 9.72 Å². The number of carbonyl (C=O) groups is 1. The number of nitrogens with zero attached hydrogens (tertiary/aromatic N) is 5. The van der Waals surface area contributed by atoms with E-state index in [1.54, 1.807) is 16.6 Å². The number of fused-ring (bicyclic) bond motifs is 1. The molecule has 0 unspecified atom stereocenters. The maximum atomic E-state index is 12.2. The molecule has 2 heterocycles. The minimum Gasteiger partial charge on any atom is -0.325 e. The number of hydrogen-bond donors (Lipinski definition) is 1. The largest absolute Gasteiger partial charge is 0.325 e. The second-order valence-electron chi connectivity index (χ2n) is 6.47. The van der Waals surface area contributed by atoms with Crippen molar-refractivity contribution in [1.29, 1.82) is 0 Å². The van der Waals surface area contributed by atoms with Gasteiger partial charge in [-0.15, -0.1) is 10.2 Å². The zero-order valence-corrected chi connectivity index (χ0v) is 16.7. The molecule has 1 N–H and O–H groups in total. The number of aromatic nitrogens is 4. The quantitative estimate of drug-likeness (QED) is 0.287. The Hall–Kier alpha value is -3.79. The molecule has 0 saturated heterocycles. The van der Waals surface area contributed by atoms with Crippen molar-refractivity contribution in [2.75, 3.05) is 11.1 Å². The van der Waals surface area contributed by atoms with Crippen molar-refractivity contribution in [1.82, 2.24) is 19.8 Å². The van der Waals surface area contributed by atoms with Gasteiger partial charge in [-0.3, -0.25) is 14.9 Å². The minimum absolute atomic E-state index is 0.0294. The zero-order chi connectivity index (χ0) is 21.1. The first-order valence-electron chi connectivity index (χ1n) is 8.96. The fourth-order valence-corrected chi connectivity index (χ4v) is 3.39. The molecule has 0 fully saturated rings. The van der Waals surface area contributed by atoms with E-state index in [1.807, 2.05) is 31.2 Å². The number of nitro groups is 1. The Kier molecular flexibility index (Phi) is 5.40. The van der Waals surface area contributed by atoms with Crippen molar-refractivity contribution in [3.63, 3.8) is 0 Å². The monoisotopic (exact) mass is 420 g/mol. The van der Waals surface area contributed by atoms with Crippen LogP contribution in [0.4, 0.5) is 11.4 Å². The summed E-state index contributed by atoms with van der Waals surface area (Å²) in [5, 5.41) is 27.0. The molecule has 4 aromatic rings. The van der Waals surface area contributed by atoms with E-state index in [4.69, 9.17) is 0 Å². The lowest BCUT2D eigenvalue weighted by Crippen LogP contribution is -2.14. The van der Waals surface area contributed by atoms with Gasteiger partial charge in [0.05, 0.1) is 10.7 Å². The average molecular weight is 420 g/mol. The Morgan fingerprint density at radius 1 is 1.07 bits per heavy atom. The first-order chi connectivity index (χ1) is 14.5. The highest BCUT2D eigenvalue weighted by atomic mass is 32.2. The highest BCUT2D eigenvalue weighted by Gasteiger charge is 2.12. The molecule has 4 rings (SSSR count). The standard InChI is InChI=1S/C20H16N6O3S/c1-13-2-4-14(5-3-13)20-23-22-17-10-11-19(24-25(17)20)30-12-18(27)21-15-6-8-16(9-7-15)26(28)29/h2-11H,12H2,1H3,(H,21,27). The summed E-state index contributed by atoms with van der Waals surface area (Å²) < 4.78 is 1.65. The third kappa shape index (κ3) is 4.28. The summed E-state index contributed by atoms with van der Waals surface area (Å²) in [6.45, 7) is 2.01. The van der Waals surface area contributed by atoms with Gasteiger partial charge < -0.3 is 5.32 Å². The molecule has 0 spiro atoms. The summed E-state index contributed by atoms with van der Waals surface area (Å²) in [5.74, 6) is 0.526. The van der Waals surface area contributed by atoms with Crippen molar-refractivity contribution in [2.24, 2.45) is 0 Å². The lowest BCUT2D eigenvalue weighted by Gasteiger charge is -2.05. The number of nitro benzene ring substituents is 1. The van der Waals surface area contributed by atoms with Crippen LogP contribution in [-0.2, 0) is 4.79 Å². The fourth-order valence-electron chi connectivity index (χ4n) is 2.73. The zero-order valence-electron chi connectivity index (χ0n) is 15.8. The van der Waals surface area contributed by atoms with Gasteiger partial charge in [0.1, 0.15) is 5.03 Å². The molecule has 9 nitrogen and oxygen atoms in total. The molecule has 0 aliphatic carbocycles. The number of non-ortho nitro benzene ring substituents is 1. The van der Waals surface area contributed by atoms with Crippen LogP contribution < -0.4 is 5.32 Å². The van der Waals surface area contributed by atoms with Gasteiger partial charge in [-0.25, -0.2) is 0 Å². The Balaban J connectivity index is 1.44. The second-order valence-corrected chi connectivity index (χ2v) is 7.47. The average Bonchev–Trinajstić information content (AvgIpc) is 3.16. The van der Waals surface area contributed by atoms with Crippen molar-refractivity contribution in [2.45, 2.75) is 11.9 Å². The molecular formula is C20H16N6O3S. The molecule has 150 valence electrons. The summed E-state index contributed by atoms with van der Waals surface area (Å²) in [4.78, 5) is 22.4. The lowest BCUT2D eigenvalue weighted by molar-refractivity contribution is -0.384. The van der Waals surface area contributed by atoms with Gasteiger partial charge in [-0.05, 0) is 31.2 Å². The molecule has 1 amide bonds. The number of rotatable bonds is 6. The van der Waals surface area contributed by atoms with Gasteiger partial charge in [-0.1, -0.05) is 41.6 Å². The van der Waals surface area contributed by atoms with E-state index in [-0.39, 0.29) is 17.3 Å². The predicted octanol–water partition coefficient (Wildman–Crippen LogP) is 3.74. The van der Waals surface area contributed by atoms with Crippen LogP contribution >= 0.6 is 11.8 Å². The highest BCUT2D eigenvalue weighted by molar-refractivity contribution is 7.99. The van der Waals surface area contributed by atoms with Crippen molar-refractivity contribution in [3.05, 3.63) is 76.3 Å². The Labute approximate surface area is 175 Å².